The molecule has 60 valence electrons. The van der Waals surface area contributed by atoms with Gasteiger partial charge in [-0.2, -0.15) is 8.78 Å². The molecule has 0 heterocycles. The van der Waals surface area contributed by atoms with Crippen molar-refractivity contribution in [2.45, 2.75) is 5.25 Å². The average Bonchev–Trinajstić information content (AvgIpc) is 1.62. The van der Waals surface area contributed by atoms with Crippen molar-refractivity contribution in [3.8, 4) is 0 Å². The number of halogens is 4. The highest BCUT2D eigenvalue weighted by atomic mass is 35.7. The number of carbonyl (C=O) groups excluding carboxylic acids is 1. The molecule has 0 aromatic heterocycles. The maximum atomic E-state index is 11.9. The van der Waals surface area contributed by atoms with Gasteiger partial charge in [-0.25, -0.2) is 8.42 Å². The standard InChI is InChI=1S/C2Cl2F2O3S/c3-1(7)2(5,6)10(4,8)9. The molecule has 0 aliphatic rings. The van der Waals surface area contributed by atoms with Crippen LogP contribution in [-0.2, 0) is 13.8 Å². The van der Waals surface area contributed by atoms with Gasteiger partial charge in [0, 0.05) is 10.7 Å². The van der Waals surface area contributed by atoms with Gasteiger partial charge >= 0.3 is 19.5 Å². The molecule has 0 saturated heterocycles. The first-order chi connectivity index (χ1) is 4.19. The molecule has 0 spiro atoms. The molecule has 0 radical (unpaired) electrons. The minimum absolute atomic E-state index is 2.32. The normalized spacial score (nSPS) is 13.2. The Kier molecular flexibility index (Phi) is 2.61. The summed E-state index contributed by atoms with van der Waals surface area (Å²) < 4.78 is 43.3. The molecular weight excluding hydrogens is 213 g/mol. The van der Waals surface area contributed by atoms with Crippen LogP contribution in [0, 0.1) is 0 Å². The lowest BCUT2D eigenvalue weighted by Gasteiger charge is -2.04. The zero-order chi connectivity index (χ0) is 8.58. The van der Waals surface area contributed by atoms with Gasteiger partial charge in [0.25, 0.3) is 0 Å². The summed E-state index contributed by atoms with van der Waals surface area (Å²) in [6.07, 6.45) is 0. The number of rotatable bonds is 2. The molecule has 0 atom stereocenters. The van der Waals surface area contributed by atoms with Gasteiger partial charge in [-0.05, 0) is 11.6 Å². The van der Waals surface area contributed by atoms with Gasteiger partial charge in [-0.15, -0.1) is 0 Å². The molecule has 0 N–H and O–H groups in total. The summed E-state index contributed by atoms with van der Waals surface area (Å²) in [4.78, 5) is 9.66. The molecule has 8 heteroatoms. The molecule has 0 rings (SSSR count). The van der Waals surface area contributed by atoms with E-state index >= 15 is 0 Å². The van der Waals surface area contributed by atoms with Crippen LogP contribution in [0.3, 0.4) is 0 Å². The topological polar surface area (TPSA) is 51.2 Å². The second kappa shape index (κ2) is 2.60. The number of carbonyl (C=O) groups is 1. The van der Waals surface area contributed by atoms with Gasteiger partial charge in [0.1, 0.15) is 0 Å². The van der Waals surface area contributed by atoms with E-state index in [4.69, 9.17) is 0 Å². The predicted octanol–water partition coefficient (Wildman–Crippen LogP) is 0.913. The summed E-state index contributed by atoms with van der Waals surface area (Å²) in [7, 11) is -1.11. The molecule has 0 fully saturated rings. The molecule has 0 saturated carbocycles. The molecule has 10 heavy (non-hydrogen) atoms. The summed E-state index contributed by atoms with van der Waals surface area (Å²) in [5.41, 5.74) is 0. The van der Waals surface area contributed by atoms with E-state index in [1.807, 2.05) is 0 Å². The minimum Gasteiger partial charge on any atom is -0.273 e. The fourth-order valence-electron chi connectivity index (χ4n) is 0.0958. The maximum Gasteiger partial charge on any atom is 0.431 e. The Hall–Kier alpha value is 0.0600. The van der Waals surface area contributed by atoms with Crippen LogP contribution in [0.2, 0.25) is 0 Å². The minimum atomic E-state index is -5.24. The van der Waals surface area contributed by atoms with E-state index in [0.29, 0.717) is 0 Å². The highest BCUT2D eigenvalue weighted by Gasteiger charge is 2.50. The third-order valence-corrected chi connectivity index (χ3v) is 2.26. The van der Waals surface area contributed by atoms with Gasteiger partial charge in [0.15, 0.2) is 0 Å². The predicted molar refractivity (Wildman–Crippen MR) is 30.6 cm³/mol. The van der Waals surface area contributed by atoms with E-state index < -0.39 is 19.5 Å². The highest BCUT2D eigenvalue weighted by Crippen LogP contribution is 2.27. The zero-order valence-corrected chi connectivity index (χ0v) is 6.47. The SMILES string of the molecule is O=C(Cl)C(F)(F)S(=O)(=O)Cl. The first kappa shape index (κ1) is 10.1. The van der Waals surface area contributed by atoms with Crippen molar-refractivity contribution in [1.82, 2.24) is 0 Å². The van der Waals surface area contributed by atoms with E-state index in [9.17, 15) is 22.0 Å². The smallest absolute Gasteiger partial charge is 0.273 e. The quantitative estimate of drug-likeness (QED) is 0.640. The van der Waals surface area contributed by atoms with Gasteiger partial charge in [-0.1, -0.05) is 0 Å². The van der Waals surface area contributed by atoms with Crippen molar-refractivity contribution in [3.63, 3.8) is 0 Å². The summed E-state index contributed by atoms with van der Waals surface area (Å²) in [5, 5.41) is -7.02. The lowest BCUT2D eigenvalue weighted by Crippen LogP contribution is -2.30. The van der Waals surface area contributed by atoms with Crippen LogP contribution in [-0.4, -0.2) is 18.9 Å². The van der Waals surface area contributed by atoms with E-state index in [2.05, 4.69) is 22.3 Å². The van der Waals surface area contributed by atoms with Crippen LogP contribution in [0.25, 0.3) is 0 Å². The summed E-state index contributed by atoms with van der Waals surface area (Å²) in [6.45, 7) is 0. The highest BCUT2D eigenvalue weighted by molar-refractivity contribution is 8.15. The average molecular weight is 213 g/mol. The Morgan fingerprint density at radius 3 is 1.70 bits per heavy atom. The Bertz CT molecular complexity index is 245. The summed E-state index contributed by atoms with van der Waals surface area (Å²) in [6, 6.07) is 0. The molecular formula is C2Cl2F2O3S. The first-order valence-corrected chi connectivity index (χ1v) is 4.40. The Morgan fingerprint density at radius 2 is 1.70 bits per heavy atom. The Labute approximate surface area is 64.3 Å². The van der Waals surface area contributed by atoms with Crippen molar-refractivity contribution in [1.29, 1.82) is 0 Å². The molecule has 0 amide bonds. The molecule has 0 aromatic carbocycles. The fraction of sp³-hybridized carbons (Fsp3) is 0.500. The third kappa shape index (κ3) is 1.77. The van der Waals surface area contributed by atoms with Crippen LogP contribution in [0.4, 0.5) is 8.78 Å². The van der Waals surface area contributed by atoms with Crippen molar-refractivity contribution in [3.05, 3.63) is 0 Å². The molecule has 0 unspecified atom stereocenters. The third-order valence-electron chi connectivity index (χ3n) is 0.535. The number of hydrogen-bond acceptors (Lipinski definition) is 3. The number of alkyl halides is 2. The summed E-state index contributed by atoms with van der Waals surface area (Å²) in [5.74, 6) is 0. The van der Waals surface area contributed by atoms with E-state index in [1.54, 1.807) is 0 Å². The van der Waals surface area contributed by atoms with E-state index in [0.717, 1.165) is 0 Å². The first-order valence-electron chi connectivity index (χ1n) is 1.71. The molecule has 0 aliphatic heterocycles. The fourth-order valence-corrected chi connectivity index (χ4v) is 0.921. The second-order valence-corrected chi connectivity index (χ2v) is 4.18. The Morgan fingerprint density at radius 1 is 1.40 bits per heavy atom. The van der Waals surface area contributed by atoms with Crippen molar-refractivity contribution < 1.29 is 22.0 Å². The van der Waals surface area contributed by atoms with Crippen LogP contribution >= 0.6 is 22.3 Å². The van der Waals surface area contributed by atoms with E-state index in [1.165, 1.54) is 0 Å². The number of hydrogen-bond donors (Lipinski definition) is 0. The van der Waals surface area contributed by atoms with Crippen LogP contribution in [0.1, 0.15) is 0 Å². The zero-order valence-electron chi connectivity index (χ0n) is 4.14. The largest absolute Gasteiger partial charge is 0.431 e. The molecule has 0 aliphatic carbocycles. The monoisotopic (exact) mass is 212 g/mol. The van der Waals surface area contributed by atoms with Gasteiger partial charge in [0.05, 0.1) is 0 Å². The van der Waals surface area contributed by atoms with Crippen molar-refractivity contribution in [2.24, 2.45) is 0 Å². The lowest BCUT2D eigenvalue weighted by atomic mass is 10.8. The molecule has 0 aromatic rings. The van der Waals surface area contributed by atoms with Crippen LogP contribution in [0.5, 0.6) is 0 Å². The van der Waals surface area contributed by atoms with Crippen LogP contribution in [0.15, 0.2) is 0 Å². The van der Waals surface area contributed by atoms with E-state index in [-0.39, 0.29) is 0 Å². The van der Waals surface area contributed by atoms with Crippen molar-refractivity contribution in [2.75, 3.05) is 0 Å². The van der Waals surface area contributed by atoms with Crippen LogP contribution < -0.4 is 0 Å². The lowest BCUT2D eigenvalue weighted by molar-refractivity contribution is -0.124. The van der Waals surface area contributed by atoms with Crippen molar-refractivity contribution >= 4 is 36.6 Å². The second-order valence-electron chi connectivity index (χ2n) is 1.23. The van der Waals surface area contributed by atoms with Gasteiger partial charge in [-0.3, -0.25) is 4.79 Å². The Balaban J connectivity index is 4.95. The van der Waals surface area contributed by atoms with Gasteiger partial charge in [0.2, 0.25) is 0 Å². The molecule has 3 nitrogen and oxygen atoms in total. The van der Waals surface area contributed by atoms with Gasteiger partial charge < -0.3 is 0 Å². The summed E-state index contributed by atoms with van der Waals surface area (Å²) >= 11 is 4.20. The molecule has 0 bridgehead atoms. The maximum absolute atomic E-state index is 11.9.